The van der Waals surface area contributed by atoms with E-state index < -0.39 is 0 Å². The molecule has 2 heteroatoms. The van der Waals surface area contributed by atoms with E-state index in [1.807, 2.05) is 11.3 Å². The highest BCUT2D eigenvalue weighted by Gasteiger charge is 2.53. The van der Waals surface area contributed by atoms with Gasteiger partial charge in [-0.1, -0.05) is 0 Å². The Kier molecular flexibility index (Phi) is 3.46. The van der Waals surface area contributed by atoms with E-state index in [-0.39, 0.29) is 0 Å². The SMILES string of the molecule is Cc1ccc(C(C)NC(C)C23CC4CC(CC(C4)C2)C3)s1. The molecule has 0 amide bonds. The van der Waals surface area contributed by atoms with E-state index in [1.165, 1.54) is 29.0 Å². The normalized spacial score (nSPS) is 40.4. The zero-order valence-electron chi connectivity index (χ0n) is 13.7. The van der Waals surface area contributed by atoms with Crippen LogP contribution in [0.4, 0.5) is 0 Å². The first kappa shape index (κ1) is 14.3. The highest BCUT2D eigenvalue weighted by molar-refractivity contribution is 7.12. The van der Waals surface area contributed by atoms with Crippen molar-refractivity contribution in [1.29, 1.82) is 0 Å². The zero-order chi connectivity index (χ0) is 14.6. The highest BCUT2D eigenvalue weighted by atomic mass is 32.1. The van der Waals surface area contributed by atoms with E-state index in [9.17, 15) is 0 Å². The van der Waals surface area contributed by atoms with Gasteiger partial charge < -0.3 is 5.32 Å². The van der Waals surface area contributed by atoms with Crippen molar-refractivity contribution in [2.45, 2.75) is 71.4 Å². The molecule has 0 spiro atoms. The second-order valence-corrected chi connectivity index (χ2v) is 9.66. The maximum Gasteiger partial charge on any atom is 0.0388 e. The summed E-state index contributed by atoms with van der Waals surface area (Å²) in [6.45, 7) is 7.04. The Balaban J connectivity index is 1.48. The summed E-state index contributed by atoms with van der Waals surface area (Å²) >= 11 is 1.95. The van der Waals surface area contributed by atoms with Crippen molar-refractivity contribution < 1.29 is 0 Å². The molecule has 4 aliphatic rings. The highest BCUT2D eigenvalue weighted by Crippen LogP contribution is 2.61. The number of rotatable bonds is 4. The van der Waals surface area contributed by atoms with Gasteiger partial charge in [-0.05, 0) is 94.6 Å². The summed E-state index contributed by atoms with van der Waals surface area (Å²) in [5.74, 6) is 3.17. The lowest BCUT2D eigenvalue weighted by molar-refractivity contribution is -0.0718. The molecule has 2 unspecified atom stereocenters. The molecule has 4 aliphatic carbocycles. The molecule has 1 aromatic heterocycles. The third kappa shape index (κ3) is 2.49. The fourth-order valence-corrected chi connectivity index (χ4v) is 6.92. The summed E-state index contributed by atoms with van der Waals surface area (Å²) in [5.41, 5.74) is 0.620. The van der Waals surface area contributed by atoms with Crippen LogP contribution in [0.1, 0.15) is 68.2 Å². The van der Waals surface area contributed by atoms with Crippen molar-refractivity contribution in [2.75, 3.05) is 0 Å². The third-order valence-electron chi connectivity index (χ3n) is 6.69. The second kappa shape index (κ2) is 5.09. The van der Waals surface area contributed by atoms with Gasteiger partial charge in [0.25, 0.3) is 0 Å². The number of nitrogens with one attached hydrogen (secondary N) is 1. The van der Waals surface area contributed by atoms with Gasteiger partial charge in [0.2, 0.25) is 0 Å². The lowest BCUT2D eigenvalue weighted by atomic mass is 9.48. The number of hydrogen-bond acceptors (Lipinski definition) is 2. The average Bonchev–Trinajstić information content (AvgIpc) is 2.84. The summed E-state index contributed by atoms with van der Waals surface area (Å²) in [7, 11) is 0. The van der Waals surface area contributed by atoms with Gasteiger partial charge in [0.05, 0.1) is 0 Å². The monoisotopic (exact) mass is 303 g/mol. The van der Waals surface area contributed by atoms with Crippen molar-refractivity contribution in [3.63, 3.8) is 0 Å². The molecule has 1 N–H and O–H groups in total. The van der Waals surface area contributed by atoms with Crippen molar-refractivity contribution in [3.05, 3.63) is 21.9 Å². The van der Waals surface area contributed by atoms with E-state index in [0.29, 0.717) is 17.5 Å². The number of thiophene rings is 1. The first-order valence-electron chi connectivity index (χ1n) is 8.86. The first-order chi connectivity index (χ1) is 10.0. The molecule has 4 bridgehead atoms. The van der Waals surface area contributed by atoms with Crippen LogP contribution in [0, 0.1) is 30.1 Å². The molecule has 4 fully saturated rings. The van der Waals surface area contributed by atoms with E-state index >= 15 is 0 Å². The molecule has 0 radical (unpaired) electrons. The average molecular weight is 304 g/mol. The molecule has 0 aliphatic heterocycles. The van der Waals surface area contributed by atoms with Crippen molar-refractivity contribution in [3.8, 4) is 0 Å². The van der Waals surface area contributed by atoms with Gasteiger partial charge >= 0.3 is 0 Å². The van der Waals surface area contributed by atoms with Gasteiger partial charge in [0.15, 0.2) is 0 Å². The predicted molar refractivity (Wildman–Crippen MR) is 90.7 cm³/mol. The van der Waals surface area contributed by atoms with Crippen LogP contribution in [0.25, 0.3) is 0 Å². The van der Waals surface area contributed by atoms with Gasteiger partial charge in [-0.25, -0.2) is 0 Å². The Bertz CT molecular complexity index is 482. The Morgan fingerprint density at radius 3 is 2.10 bits per heavy atom. The summed E-state index contributed by atoms with van der Waals surface area (Å²) in [6.07, 6.45) is 9.15. The van der Waals surface area contributed by atoms with Gasteiger partial charge in [-0.15, -0.1) is 11.3 Å². The maximum atomic E-state index is 3.98. The fourth-order valence-electron chi connectivity index (χ4n) is 6.03. The number of aryl methyl sites for hydroxylation is 1. The van der Waals surface area contributed by atoms with Crippen molar-refractivity contribution in [1.82, 2.24) is 5.32 Å². The summed E-state index contributed by atoms with van der Waals surface area (Å²) < 4.78 is 0. The molecule has 21 heavy (non-hydrogen) atoms. The lowest BCUT2D eigenvalue weighted by Crippen LogP contribution is -2.55. The molecular formula is C19H29NS. The Morgan fingerprint density at radius 1 is 1.05 bits per heavy atom. The van der Waals surface area contributed by atoms with E-state index in [2.05, 4.69) is 38.2 Å². The van der Waals surface area contributed by atoms with Crippen molar-refractivity contribution >= 4 is 11.3 Å². The van der Waals surface area contributed by atoms with Gasteiger partial charge in [-0.3, -0.25) is 0 Å². The molecule has 5 rings (SSSR count). The van der Waals surface area contributed by atoms with Crippen molar-refractivity contribution in [2.24, 2.45) is 23.2 Å². The minimum atomic E-state index is 0.506. The minimum Gasteiger partial charge on any atom is -0.306 e. The second-order valence-electron chi connectivity index (χ2n) is 8.34. The van der Waals surface area contributed by atoms with Crippen LogP contribution in [0.5, 0.6) is 0 Å². The summed E-state index contributed by atoms with van der Waals surface area (Å²) in [4.78, 5) is 2.94. The first-order valence-corrected chi connectivity index (χ1v) is 9.68. The summed E-state index contributed by atoms with van der Waals surface area (Å²) in [5, 5.41) is 3.98. The fraction of sp³-hybridized carbons (Fsp3) is 0.789. The molecular weight excluding hydrogens is 274 g/mol. The van der Waals surface area contributed by atoms with Crippen LogP contribution >= 0.6 is 11.3 Å². The molecule has 1 aromatic rings. The smallest absolute Gasteiger partial charge is 0.0388 e. The van der Waals surface area contributed by atoms with Crippen LogP contribution < -0.4 is 5.32 Å². The molecule has 116 valence electrons. The molecule has 0 aromatic carbocycles. The van der Waals surface area contributed by atoms with E-state index in [0.717, 1.165) is 17.8 Å². The standard InChI is InChI=1S/C19H29NS/c1-12-4-5-18(21-12)13(2)20-14(3)19-9-15-6-16(10-19)8-17(7-15)11-19/h4-5,13-17,20H,6-11H2,1-3H3. The molecule has 0 saturated heterocycles. The van der Waals surface area contributed by atoms with E-state index in [1.54, 1.807) is 19.3 Å². The lowest BCUT2D eigenvalue weighted by Gasteiger charge is -2.59. The zero-order valence-corrected chi connectivity index (χ0v) is 14.5. The van der Waals surface area contributed by atoms with Crippen LogP contribution in [-0.4, -0.2) is 6.04 Å². The molecule has 2 atom stereocenters. The Hall–Kier alpha value is -0.340. The Labute approximate surface area is 133 Å². The third-order valence-corrected chi connectivity index (χ3v) is 7.88. The molecule has 1 heterocycles. The van der Waals surface area contributed by atoms with Crippen LogP contribution in [0.15, 0.2) is 12.1 Å². The number of hydrogen-bond donors (Lipinski definition) is 1. The van der Waals surface area contributed by atoms with E-state index in [4.69, 9.17) is 0 Å². The predicted octanol–water partition coefficient (Wildman–Crippen LogP) is 5.31. The summed E-state index contributed by atoms with van der Waals surface area (Å²) in [6, 6.07) is 5.74. The maximum absolute atomic E-state index is 3.98. The topological polar surface area (TPSA) is 12.0 Å². The van der Waals surface area contributed by atoms with Crippen LogP contribution in [0.2, 0.25) is 0 Å². The van der Waals surface area contributed by atoms with Crippen LogP contribution in [0.3, 0.4) is 0 Å². The molecule has 4 saturated carbocycles. The largest absolute Gasteiger partial charge is 0.306 e. The minimum absolute atomic E-state index is 0.506. The quantitative estimate of drug-likeness (QED) is 0.794. The Morgan fingerprint density at radius 2 is 1.62 bits per heavy atom. The van der Waals surface area contributed by atoms with Gasteiger partial charge in [-0.2, -0.15) is 0 Å². The molecule has 1 nitrogen and oxygen atoms in total. The van der Waals surface area contributed by atoms with Gasteiger partial charge in [0, 0.05) is 21.8 Å². The van der Waals surface area contributed by atoms with Gasteiger partial charge in [0.1, 0.15) is 0 Å². The van der Waals surface area contributed by atoms with Crippen LogP contribution in [-0.2, 0) is 0 Å².